The fraction of sp³-hybridized carbons (Fsp3) is 0.900. The third-order valence-electron chi connectivity index (χ3n) is 2.18. The smallest absolute Gasteiger partial charge is 0.0721 e. The summed E-state index contributed by atoms with van der Waals surface area (Å²) in [7, 11) is 0. The van der Waals surface area contributed by atoms with Crippen molar-refractivity contribution < 1.29 is 0 Å². The molecule has 72 valence electrons. The molecule has 0 aliphatic rings. The molecule has 0 spiro atoms. The van der Waals surface area contributed by atoms with Crippen molar-refractivity contribution >= 4 is 17.2 Å². The molecule has 0 heterocycles. The third kappa shape index (κ3) is 6.59. The van der Waals surface area contributed by atoms with Gasteiger partial charge < -0.3 is 5.32 Å². The lowest BCUT2D eigenvalue weighted by Gasteiger charge is -2.14. The third-order valence-corrected chi connectivity index (χ3v) is 2.33. The predicted molar refractivity (Wildman–Crippen MR) is 59.6 cm³/mol. The quantitative estimate of drug-likeness (QED) is 0.641. The Labute approximate surface area is 81.9 Å². The van der Waals surface area contributed by atoms with Gasteiger partial charge in [0.25, 0.3) is 0 Å². The first-order valence-electron chi connectivity index (χ1n) is 4.95. The molecule has 0 aromatic rings. The van der Waals surface area contributed by atoms with Crippen LogP contribution < -0.4 is 5.32 Å². The maximum Gasteiger partial charge on any atom is 0.0721 e. The van der Waals surface area contributed by atoms with Crippen molar-refractivity contribution in [2.24, 2.45) is 5.92 Å². The van der Waals surface area contributed by atoms with Crippen LogP contribution in [0.2, 0.25) is 0 Å². The second-order valence-electron chi connectivity index (χ2n) is 3.35. The maximum absolute atomic E-state index is 4.96. The van der Waals surface area contributed by atoms with E-state index in [4.69, 9.17) is 12.2 Å². The lowest BCUT2D eigenvalue weighted by molar-refractivity contribution is 0.446. The van der Waals surface area contributed by atoms with E-state index in [0.717, 1.165) is 17.5 Å². The number of nitrogens with one attached hydrogen (secondary N) is 1. The highest BCUT2D eigenvalue weighted by atomic mass is 32.1. The SMILES string of the molecule is CCCCC(CC)CNC(C)=S. The van der Waals surface area contributed by atoms with E-state index in [-0.39, 0.29) is 0 Å². The minimum atomic E-state index is 0.808. The normalized spacial score (nSPS) is 12.6. The zero-order valence-corrected chi connectivity index (χ0v) is 9.34. The number of unbranched alkanes of at least 4 members (excludes halogenated alkanes) is 1. The van der Waals surface area contributed by atoms with Gasteiger partial charge in [-0.05, 0) is 19.3 Å². The largest absolute Gasteiger partial charge is 0.380 e. The number of hydrogen-bond donors (Lipinski definition) is 1. The van der Waals surface area contributed by atoms with Crippen molar-refractivity contribution in [1.29, 1.82) is 0 Å². The Morgan fingerprint density at radius 3 is 2.50 bits per heavy atom. The van der Waals surface area contributed by atoms with Gasteiger partial charge in [0.2, 0.25) is 0 Å². The Balaban J connectivity index is 3.45. The summed E-state index contributed by atoms with van der Waals surface area (Å²) in [5.74, 6) is 0.808. The first-order valence-corrected chi connectivity index (χ1v) is 5.35. The predicted octanol–water partition coefficient (Wildman–Crippen LogP) is 3.14. The molecule has 0 rings (SSSR count). The van der Waals surface area contributed by atoms with E-state index in [0.29, 0.717) is 0 Å². The number of rotatable bonds is 6. The standard InChI is InChI=1S/C10H21NS/c1-4-6-7-10(5-2)8-11-9(3)12/h10H,4-8H2,1-3H3,(H,11,12). The molecule has 0 aromatic carbocycles. The zero-order valence-electron chi connectivity index (χ0n) is 8.52. The molecule has 0 fully saturated rings. The van der Waals surface area contributed by atoms with Crippen LogP contribution in [0.1, 0.15) is 46.5 Å². The van der Waals surface area contributed by atoms with E-state index >= 15 is 0 Å². The fourth-order valence-corrected chi connectivity index (χ4v) is 1.31. The Kier molecular flexibility index (Phi) is 7.47. The molecule has 0 radical (unpaired) electrons. The topological polar surface area (TPSA) is 12.0 Å². The van der Waals surface area contributed by atoms with Gasteiger partial charge in [0, 0.05) is 6.54 Å². The first kappa shape index (κ1) is 11.9. The molecule has 1 atom stereocenters. The molecule has 1 unspecified atom stereocenters. The number of hydrogen-bond acceptors (Lipinski definition) is 1. The maximum atomic E-state index is 4.96. The Hall–Kier alpha value is -0.110. The van der Waals surface area contributed by atoms with E-state index in [1.807, 2.05) is 6.92 Å². The number of thiocarbonyl (C=S) groups is 1. The summed E-state index contributed by atoms with van der Waals surface area (Å²) in [6.07, 6.45) is 5.24. The monoisotopic (exact) mass is 187 g/mol. The van der Waals surface area contributed by atoms with Crippen LogP contribution in [0.25, 0.3) is 0 Å². The van der Waals surface area contributed by atoms with Gasteiger partial charge in [0.1, 0.15) is 0 Å². The van der Waals surface area contributed by atoms with Crippen LogP contribution in [0.4, 0.5) is 0 Å². The Morgan fingerprint density at radius 2 is 2.08 bits per heavy atom. The molecular weight excluding hydrogens is 166 g/mol. The van der Waals surface area contributed by atoms with Gasteiger partial charge >= 0.3 is 0 Å². The molecule has 0 saturated carbocycles. The summed E-state index contributed by atoms with van der Waals surface area (Å²) in [5, 5.41) is 3.24. The Morgan fingerprint density at radius 1 is 1.42 bits per heavy atom. The van der Waals surface area contributed by atoms with E-state index in [1.165, 1.54) is 25.7 Å². The summed E-state index contributed by atoms with van der Waals surface area (Å²) in [6, 6.07) is 0. The first-order chi connectivity index (χ1) is 5.70. The minimum Gasteiger partial charge on any atom is -0.380 e. The molecule has 12 heavy (non-hydrogen) atoms. The second-order valence-corrected chi connectivity index (χ2v) is 3.97. The van der Waals surface area contributed by atoms with Crippen molar-refractivity contribution in [3.05, 3.63) is 0 Å². The summed E-state index contributed by atoms with van der Waals surface area (Å²) in [6.45, 7) is 7.50. The van der Waals surface area contributed by atoms with Crippen LogP contribution in [-0.4, -0.2) is 11.5 Å². The summed E-state index contributed by atoms with van der Waals surface area (Å²) < 4.78 is 0. The van der Waals surface area contributed by atoms with Crippen LogP contribution in [0, 0.1) is 5.92 Å². The van der Waals surface area contributed by atoms with Crippen molar-refractivity contribution in [3.63, 3.8) is 0 Å². The molecule has 0 amide bonds. The molecule has 2 heteroatoms. The van der Waals surface area contributed by atoms with Crippen LogP contribution in [0.15, 0.2) is 0 Å². The molecular formula is C10H21NS. The highest BCUT2D eigenvalue weighted by Gasteiger charge is 2.04. The second kappa shape index (κ2) is 7.53. The summed E-state index contributed by atoms with van der Waals surface area (Å²) in [5.41, 5.74) is 0. The minimum absolute atomic E-state index is 0.808. The van der Waals surface area contributed by atoms with Crippen LogP contribution in [0.5, 0.6) is 0 Å². The average Bonchev–Trinajstić information content (AvgIpc) is 2.05. The van der Waals surface area contributed by atoms with Gasteiger partial charge in [-0.2, -0.15) is 0 Å². The average molecular weight is 187 g/mol. The molecule has 1 nitrogen and oxygen atoms in total. The van der Waals surface area contributed by atoms with Gasteiger partial charge in [-0.1, -0.05) is 45.3 Å². The van der Waals surface area contributed by atoms with E-state index in [1.54, 1.807) is 0 Å². The highest BCUT2D eigenvalue weighted by molar-refractivity contribution is 7.80. The van der Waals surface area contributed by atoms with Gasteiger partial charge in [-0.3, -0.25) is 0 Å². The van der Waals surface area contributed by atoms with E-state index in [9.17, 15) is 0 Å². The lowest BCUT2D eigenvalue weighted by atomic mass is 9.99. The van der Waals surface area contributed by atoms with Crippen LogP contribution in [0.3, 0.4) is 0 Å². The molecule has 0 aliphatic carbocycles. The van der Waals surface area contributed by atoms with Gasteiger partial charge in [-0.25, -0.2) is 0 Å². The van der Waals surface area contributed by atoms with Crippen molar-refractivity contribution in [2.45, 2.75) is 46.5 Å². The highest BCUT2D eigenvalue weighted by Crippen LogP contribution is 2.10. The van der Waals surface area contributed by atoms with Crippen LogP contribution in [-0.2, 0) is 0 Å². The van der Waals surface area contributed by atoms with Gasteiger partial charge in [0.15, 0.2) is 0 Å². The van der Waals surface area contributed by atoms with Gasteiger partial charge in [-0.15, -0.1) is 0 Å². The molecule has 0 aliphatic heterocycles. The fourth-order valence-electron chi connectivity index (χ4n) is 1.23. The van der Waals surface area contributed by atoms with Crippen molar-refractivity contribution in [3.8, 4) is 0 Å². The van der Waals surface area contributed by atoms with E-state index in [2.05, 4.69) is 19.2 Å². The summed E-state index contributed by atoms with van der Waals surface area (Å²) >= 11 is 4.96. The zero-order chi connectivity index (χ0) is 9.40. The lowest BCUT2D eigenvalue weighted by Crippen LogP contribution is -2.25. The summed E-state index contributed by atoms with van der Waals surface area (Å²) in [4.78, 5) is 0.921. The molecule has 0 bridgehead atoms. The van der Waals surface area contributed by atoms with Crippen molar-refractivity contribution in [1.82, 2.24) is 5.32 Å². The van der Waals surface area contributed by atoms with E-state index < -0.39 is 0 Å². The van der Waals surface area contributed by atoms with Crippen LogP contribution >= 0.6 is 12.2 Å². The molecule has 0 saturated heterocycles. The van der Waals surface area contributed by atoms with Crippen molar-refractivity contribution in [2.75, 3.05) is 6.54 Å². The molecule has 0 aromatic heterocycles. The van der Waals surface area contributed by atoms with Gasteiger partial charge in [0.05, 0.1) is 4.99 Å². The Bertz CT molecular complexity index is 123. The molecule has 1 N–H and O–H groups in total.